The fraction of sp³-hybridized carbons (Fsp3) is 0.857. The van der Waals surface area contributed by atoms with Crippen LogP contribution in [0.15, 0.2) is 0 Å². The van der Waals surface area contributed by atoms with Gasteiger partial charge in [0, 0.05) is 26.1 Å². The number of carbonyl (C=O) groups is 2. The van der Waals surface area contributed by atoms with Gasteiger partial charge in [-0.2, -0.15) is 0 Å². The first-order chi connectivity index (χ1) is 9.08. The van der Waals surface area contributed by atoms with Crippen LogP contribution in [0.5, 0.6) is 0 Å². The van der Waals surface area contributed by atoms with Gasteiger partial charge in [0.1, 0.15) is 6.04 Å². The standard InChI is InChI=1S/C14H24N2O3/c1-10(2)13-14(18)16(8-6-12(17)15-13)7-5-11-4-3-9-19-11/h10-11,13H,3-9H2,1-2H3,(H,15,17). The van der Waals surface area contributed by atoms with Crippen molar-refractivity contribution in [1.29, 1.82) is 0 Å². The van der Waals surface area contributed by atoms with Crippen LogP contribution in [0.4, 0.5) is 0 Å². The van der Waals surface area contributed by atoms with Crippen LogP contribution in [0.1, 0.15) is 39.5 Å². The van der Waals surface area contributed by atoms with Crippen molar-refractivity contribution < 1.29 is 14.3 Å². The summed E-state index contributed by atoms with van der Waals surface area (Å²) in [4.78, 5) is 25.9. The molecular weight excluding hydrogens is 244 g/mol. The minimum atomic E-state index is -0.375. The Balaban J connectivity index is 1.93. The predicted octanol–water partition coefficient (Wildman–Crippen LogP) is 0.929. The molecule has 0 spiro atoms. The molecular formula is C14H24N2O3. The van der Waals surface area contributed by atoms with Gasteiger partial charge in [0.2, 0.25) is 11.8 Å². The zero-order valence-electron chi connectivity index (χ0n) is 11.9. The van der Waals surface area contributed by atoms with Crippen molar-refractivity contribution in [2.75, 3.05) is 19.7 Å². The van der Waals surface area contributed by atoms with Crippen LogP contribution in [0.2, 0.25) is 0 Å². The molecule has 0 aromatic rings. The number of rotatable bonds is 4. The highest BCUT2D eigenvalue weighted by atomic mass is 16.5. The van der Waals surface area contributed by atoms with Crippen molar-refractivity contribution in [2.24, 2.45) is 5.92 Å². The lowest BCUT2D eigenvalue weighted by molar-refractivity contribution is -0.135. The van der Waals surface area contributed by atoms with Gasteiger partial charge in [-0.05, 0) is 25.2 Å². The molecule has 2 aliphatic heterocycles. The molecule has 0 aliphatic carbocycles. The summed E-state index contributed by atoms with van der Waals surface area (Å²) >= 11 is 0. The lowest BCUT2D eigenvalue weighted by Gasteiger charge is -2.26. The lowest BCUT2D eigenvalue weighted by atomic mass is 10.0. The lowest BCUT2D eigenvalue weighted by Crippen LogP contribution is -2.48. The van der Waals surface area contributed by atoms with Gasteiger partial charge in [-0.1, -0.05) is 13.8 Å². The van der Waals surface area contributed by atoms with E-state index in [-0.39, 0.29) is 29.9 Å². The quantitative estimate of drug-likeness (QED) is 0.825. The van der Waals surface area contributed by atoms with Crippen LogP contribution >= 0.6 is 0 Å². The van der Waals surface area contributed by atoms with Crippen molar-refractivity contribution in [3.63, 3.8) is 0 Å². The average Bonchev–Trinajstić information content (AvgIpc) is 2.83. The largest absolute Gasteiger partial charge is 0.378 e. The first-order valence-corrected chi connectivity index (χ1v) is 7.27. The first-order valence-electron chi connectivity index (χ1n) is 7.27. The molecule has 2 fully saturated rings. The van der Waals surface area contributed by atoms with Crippen molar-refractivity contribution >= 4 is 11.8 Å². The van der Waals surface area contributed by atoms with Gasteiger partial charge in [0.05, 0.1) is 6.10 Å². The first kappa shape index (κ1) is 14.3. The third-order valence-electron chi connectivity index (χ3n) is 3.91. The van der Waals surface area contributed by atoms with Crippen molar-refractivity contribution in [3.8, 4) is 0 Å². The number of nitrogens with one attached hydrogen (secondary N) is 1. The molecule has 2 atom stereocenters. The van der Waals surface area contributed by atoms with Gasteiger partial charge in [0.25, 0.3) is 0 Å². The summed E-state index contributed by atoms with van der Waals surface area (Å²) in [6, 6.07) is -0.375. The normalized spacial score (nSPS) is 28.7. The Morgan fingerprint density at radius 2 is 2.21 bits per heavy atom. The SMILES string of the molecule is CC(C)C1NC(=O)CCN(CCC2CCCO2)C1=O. The molecule has 2 amide bonds. The molecule has 1 N–H and O–H groups in total. The van der Waals surface area contributed by atoms with Crippen LogP contribution in [0, 0.1) is 5.92 Å². The zero-order chi connectivity index (χ0) is 13.8. The average molecular weight is 268 g/mol. The van der Waals surface area contributed by atoms with Gasteiger partial charge < -0.3 is 15.0 Å². The summed E-state index contributed by atoms with van der Waals surface area (Å²) in [7, 11) is 0. The van der Waals surface area contributed by atoms with Crippen molar-refractivity contribution in [1.82, 2.24) is 10.2 Å². The summed E-state index contributed by atoms with van der Waals surface area (Å²) < 4.78 is 5.59. The highest BCUT2D eigenvalue weighted by Crippen LogP contribution is 2.17. The van der Waals surface area contributed by atoms with Crippen LogP contribution < -0.4 is 5.32 Å². The summed E-state index contributed by atoms with van der Waals surface area (Å²) in [5, 5.41) is 2.82. The van der Waals surface area contributed by atoms with E-state index in [2.05, 4.69) is 5.32 Å². The maximum atomic E-state index is 12.4. The smallest absolute Gasteiger partial charge is 0.245 e. The second-order valence-electron chi connectivity index (χ2n) is 5.79. The number of nitrogens with zero attached hydrogens (tertiary/aromatic N) is 1. The van der Waals surface area contributed by atoms with Gasteiger partial charge in [0.15, 0.2) is 0 Å². The van der Waals surface area contributed by atoms with E-state index in [0.717, 1.165) is 25.9 Å². The molecule has 108 valence electrons. The third kappa shape index (κ3) is 3.69. The molecule has 5 nitrogen and oxygen atoms in total. The number of ether oxygens (including phenoxy) is 1. The van der Waals surface area contributed by atoms with E-state index in [1.54, 1.807) is 0 Å². The second-order valence-corrected chi connectivity index (χ2v) is 5.79. The van der Waals surface area contributed by atoms with Gasteiger partial charge >= 0.3 is 0 Å². The van der Waals surface area contributed by atoms with Crippen LogP contribution in [-0.2, 0) is 14.3 Å². The van der Waals surface area contributed by atoms with Crippen LogP contribution in [-0.4, -0.2) is 48.6 Å². The molecule has 0 saturated carbocycles. The Bertz CT molecular complexity index is 338. The molecule has 0 bridgehead atoms. The number of hydrogen-bond donors (Lipinski definition) is 1. The molecule has 0 aromatic carbocycles. The molecule has 2 saturated heterocycles. The van der Waals surface area contributed by atoms with E-state index in [1.165, 1.54) is 0 Å². The van der Waals surface area contributed by atoms with Gasteiger partial charge in [-0.3, -0.25) is 9.59 Å². The monoisotopic (exact) mass is 268 g/mol. The Hall–Kier alpha value is -1.10. The fourth-order valence-corrected chi connectivity index (χ4v) is 2.70. The summed E-state index contributed by atoms with van der Waals surface area (Å²) in [6.07, 6.45) is 3.78. The molecule has 2 unspecified atom stereocenters. The van der Waals surface area contributed by atoms with Gasteiger partial charge in [-0.25, -0.2) is 0 Å². The van der Waals surface area contributed by atoms with E-state index in [9.17, 15) is 9.59 Å². The van der Waals surface area contributed by atoms with E-state index < -0.39 is 0 Å². The summed E-state index contributed by atoms with van der Waals surface area (Å²) in [5.41, 5.74) is 0. The number of hydrogen-bond acceptors (Lipinski definition) is 3. The van der Waals surface area contributed by atoms with Crippen LogP contribution in [0.3, 0.4) is 0 Å². The molecule has 0 aromatic heterocycles. The minimum absolute atomic E-state index is 0.0216. The number of amides is 2. The van der Waals surface area contributed by atoms with E-state index in [0.29, 0.717) is 19.5 Å². The summed E-state index contributed by atoms with van der Waals surface area (Å²) in [5.74, 6) is 0.158. The Morgan fingerprint density at radius 3 is 2.84 bits per heavy atom. The molecule has 5 heteroatoms. The number of carbonyl (C=O) groups excluding carboxylic acids is 2. The molecule has 2 heterocycles. The molecule has 19 heavy (non-hydrogen) atoms. The van der Waals surface area contributed by atoms with Crippen LogP contribution in [0.25, 0.3) is 0 Å². The third-order valence-corrected chi connectivity index (χ3v) is 3.91. The molecule has 2 aliphatic rings. The Labute approximate surface area is 114 Å². The maximum Gasteiger partial charge on any atom is 0.245 e. The minimum Gasteiger partial charge on any atom is -0.378 e. The highest BCUT2D eigenvalue weighted by Gasteiger charge is 2.32. The van der Waals surface area contributed by atoms with Crippen molar-refractivity contribution in [2.45, 2.75) is 51.7 Å². The van der Waals surface area contributed by atoms with Gasteiger partial charge in [-0.15, -0.1) is 0 Å². The zero-order valence-corrected chi connectivity index (χ0v) is 11.9. The highest BCUT2D eigenvalue weighted by molar-refractivity contribution is 5.90. The summed E-state index contributed by atoms with van der Waals surface area (Å²) in [6.45, 7) is 5.99. The molecule has 2 rings (SSSR count). The van der Waals surface area contributed by atoms with E-state index in [1.807, 2.05) is 18.7 Å². The topological polar surface area (TPSA) is 58.6 Å². The predicted molar refractivity (Wildman–Crippen MR) is 71.6 cm³/mol. The van der Waals surface area contributed by atoms with Crippen molar-refractivity contribution in [3.05, 3.63) is 0 Å². The van der Waals surface area contributed by atoms with E-state index in [4.69, 9.17) is 4.74 Å². The maximum absolute atomic E-state index is 12.4. The molecule has 0 radical (unpaired) electrons. The Morgan fingerprint density at radius 1 is 1.42 bits per heavy atom. The Kier molecular flexibility index (Phi) is 4.80. The fourth-order valence-electron chi connectivity index (χ4n) is 2.70. The second kappa shape index (κ2) is 6.37. The van der Waals surface area contributed by atoms with E-state index >= 15 is 0 Å².